The highest BCUT2D eigenvalue weighted by molar-refractivity contribution is 6.02. The van der Waals surface area contributed by atoms with E-state index in [1.807, 2.05) is 0 Å². The van der Waals surface area contributed by atoms with Crippen LogP contribution in [-0.4, -0.2) is 80.0 Å². The summed E-state index contributed by atoms with van der Waals surface area (Å²) >= 11 is 0. The number of carbonyl (C=O) groups excluding carboxylic acids is 4. The van der Waals surface area contributed by atoms with Gasteiger partial charge in [0.2, 0.25) is 11.8 Å². The van der Waals surface area contributed by atoms with Crippen LogP contribution in [0.25, 0.3) is 0 Å². The number of piperazine rings is 1. The Kier molecular flexibility index (Phi) is 5.47. The van der Waals surface area contributed by atoms with Gasteiger partial charge >= 0.3 is 5.97 Å². The maximum absolute atomic E-state index is 13.4. The second-order valence-corrected chi connectivity index (χ2v) is 7.76. The first-order valence-corrected chi connectivity index (χ1v) is 10.1. The lowest BCUT2D eigenvalue weighted by Crippen LogP contribution is -2.65. The van der Waals surface area contributed by atoms with Crippen molar-refractivity contribution in [2.75, 3.05) is 34.4 Å². The third-order valence-corrected chi connectivity index (χ3v) is 6.21. The second kappa shape index (κ2) is 8.09. The molecule has 3 heterocycles. The van der Waals surface area contributed by atoms with Crippen LogP contribution in [-0.2, 0) is 30.3 Å². The number of esters is 1. The molecular weight excluding hydrogens is 406 g/mol. The molecular formula is C21H25N3O7. The third-order valence-electron chi connectivity index (χ3n) is 6.21. The molecule has 166 valence electrons. The summed E-state index contributed by atoms with van der Waals surface area (Å²) in [5, 5.41) is 2.52. The molecule has 4 rings (SSSR count). The van der Waals surface area contributed by atoms with Gasteiger partial charge in [-0.1, -0.05) is 0 Å². The minimum atomic E-state index is -0.931. The van der Waals surface area contributed by atoms with Crippen LogP contribution >= 0.6 is 0 Å². The SMILES string of the molecule is COC(=O)CNC(=O)[C@@H]1Cc2cc(OC)c(OC)cc2C2C(=O)N3CCCC3C(=O)N21. The van der Waals surface area contributed by atoms with Crippen molar-refractivity contribution in [3.63, 3.8) is 0 Å². The summed E-state index contributed by atoms with van der Waals surface area (Å²) in [6, 6.07) is 1.02. The molecule has 2 fully saturated rings. The standard InChI is InChI=1S/C21H25N3O7/c1-29-15-8-11-7-14(19(26)22-10-17(25)31-3)24-18(12(11)9-16(15)30-2)21(28)23-6-4-5-13(23)20(24)27/h8-9,13-14,18H,4-7,10H2,1-3H3,(H,22,26)/t13?,14-,18?/m0/s1. The van der Waals surface area contributed by atoms with E-state index in [2.05, 4.69) is 10.1 Å². The summed E-state index contributed by atoms with van der Waals surface area (Å²) in [6.45, 7) is 0.197. The van der Waals surface area contributed by atoms with E-state index < -0.39 is 30.0 Å². The molecule has 2 unspecified atom stereocenters. The highest BCUT2D eigenvalue weighted by atomic mass is 16.5. The predicted octanol–water partition coefficient (Wildman–Crippen LogP) is -0.208. The van der Waals surface area contributed by atoms with Crippen LogP contribution in [0.3, 0.4) is 0 Å². The average molecular weight is 431 g/mol. The van der Waals surface area contributed by atoms with E-state index >= 15 is 0 Å². The third kappa shape index (κ3) is 3.35. The summed E-state index contributed by atoms with van der Waals surface area (Å²) in [6.07, 6.45) is 1.49. The summed E-state index contributed by atoms with van der Waals surface area (Å²) in [5.41, 5.74) is 1.34. The number of fused-ring (bicyclic) bond motifs is 4. The second-order valence-electron chi connectivity index (χ2n) is 7.76. The van der Waals surface area contributed by atoms with E-state index in [1.54, 1.807) is 17.0 Å². The first-order chi connectivity index (χ1) is 14.9. The van der Waals surface area contributed by atoms with Gasteiger partial charge in [-0.05, 0) is 36.1 Å². The summed E-state index contributed by atoms with van der Waals surface area (Å²) in [4.78, 5) is 54.3. The number of methoxy groups -OCH3 is 3. The molecule has 0 radical (unpaired) electrons. The van der Waals surface area contributed by atoms with Crippen LogP contribution in [0.2, 0.25) is 0 Å². The lowest BCUT2D eigenvalue weighted by Gasteiger charge is -2.48. The quantitative estimate of drug-likeness (QED) is 0.642. The van der Waals surface area contributed by atoms with Gasteiger partial charge in [0.05, 0.1) is 21.3 Å². The Morgan fingerprint density at radius 1 is 1.10 bits per heavy atom. The van der Waals surface area contributed by atoms with Crippen LogP contribution < -0.4 is 14.8 Å². The molecule has 1 aromatic carbocycles. The normalized spacial score (nSPS) is 24.2. The molecule has 2 saturated heterocycles. The fourth-order valence-corrected chi connectivity index (χ4v) is 4.72. The number of rotatable bonds is 5. The smallest absolute Gasteiger partial charge is 0.325 e. The molecule has 0 bridgehead atoms. The summed E-state index contributed by atoms with van der Waals surface area (Å²) in [7, 11) is 4.23. The van der Waals surface area contributed by atoms with Gasteiger partial charge in [0, 0.05) is 13.0 Å². The van der Waals surface area contributed by atoms with Crippen LogP contribution in [0, 0.1) is 0 Å². The number of ether oxygens (including phenoxy) is 3. The summed E-state index contributed by atoms with van der Waals surface area (Å²) in [5.74, 6) is -0.656. The van der Waals surface area contributed by atoms with Crippen molar-refractivity contribution < 1.29 is 33.4 Å². The Morgan fingerprint density at radius 2 is 1.81 bits per heavy atom. The molecule has 3 amide bonds. The van der Waals surface area contributed by atoms with Gasteiger partial charge < -0.3 is 29.3 Å². The van der Waals surface area contributed by atoms with Crippen molar-refractivity contribution in [3.8, 4) is 11.5 Å². The minimum absolute atomic E-state index is 0.185. The Bertz CT molecular complexity index is 947. The van der Waals surface area contributed by atoms with Crippen molar-refractivity contribution in [1.82, 2.24) is 15.1 Å². The predicted molar refractivity (Wildman–Crippen MR) is 106 cm³/mol. The number of nitrogens with zero attached hydrogens (tertiary/aromatic N) is 2. The number of amides is 3. The zero-order valence-electron chi connectivity index (χ0n) is 17.7. The number of benzene rings is 1. The monoisotopic (exact) mass is 431 g/mol. The number of hydrogen-bond acceptors (Lipinski definition) is 7. The largest absolute Gasteiger partial charge is 0.493 e. The van der Waals surface area contributed by atoms with Crippen molar-refractivity contribution in [2.45, 2.75) is 37.4 Å². The van der Waals surface area contributed by atoms with Gasteiger partial charge in [-0.25, -0.2) is 0 Å². The highest BCUT2D eigenvalue weighted by Crippen LogP contribution is 2.44. The van der Waals surface area contributed by atoms with Gasteiger partial charge in [-0.15, -0.1) is 0 Å². The highest BCUT2D eigenvalue weighted by Gasteiger charge is 2.54. The molecule has 3 aliphatic heterocycles. The molecule has 3 aliphatic rings. The van der Waals surface area contributed by atoms with Crippen molar-refractivity contribution in [2.24, 2.45) is 0 Å². The fourth-order valence-electron chi connectivity index (χ4n) is 4.72. The van der Waals surface area contributed by atoms with Crippen molar-refractivity contribution in [1.29, 1.82) is 0 Å². The van der Waals surface area contributed by atoms with Crippen molar-refractivity contribution >= 4 is 23.7 Å². The molecule has 0 aromatic heterocycles. The molecule has 10 nitrogen and oxygen atoms in total. The molecule has 3 atom stereocenters. The number of hydrogen-bond donors (Lipinski definition) is 1. The van der Waals surface area contributed by atoms with E-state index in [0.29, 0.717) is 30.0 Å². The Balaban J connectivity index is 1.78. The first kappa shape index (κ1) is 21.0. The molecule has 1 aromatic rings. The number of carbonyl (C=O) groups is 4. The molecule has 31 heavy (non-hydrogen) atoms. The zero-order valence-corrected chi connectivity index (χ0v) is 17.7. The number of nitrogens with one attached hydrogen (secondary N) is 1. The van der Waals surface area contributed by atoms with E-state index in [0.717, 1.165) is 12.0 Å². The van der Waals surface area contributed by atoms with E-state index in [4.69, 9.17) is 9.47 Å². The Hall–Kier alpha value is -3.30. The molecule has 0 spiro atoms. The average Bonchev–Trinajstić information content (AvgIpc) is 3.29. The Labute approximate surface area is 179 Å². The maximum Gasteiger partial charge on any atom is 0.325 e. The van der Waals surface area contributed by atoms with Crippen molar-refractivity contribution in [3.05, 3.63) is 23.3 Å². The van der Waals surface area contributed by atoms with Gasteiger partial charge in [0.15, 0.2) is 11.5 Å². The Morgan fingerprint density at radius 3 is 2.48 bits per heavy atom. The fraction of sp³-hybridized carbons (Fsp3) is 0.524. The maximum atomic E-state index is 13.4. The summed E-state index contributed by atoms with van der Waals surface area (Å²) < 4.78 is 15.4. The van der Waals surface area contributed by atoms with E-state index in [9.17, 15) is 19.2 Å². The molecule has 0 aliphatic carbocycles. The van der Waals surface area contributed by atoms with Gasteiger partial charge in [-0.2, -0.15) is 0 Å². The van der Waals surface area contributed by atoms with Gasteiger partial charge in [-0.3, -0.25) is 19.2 Å². The van der Waals surface area contributed by atoms with Crippen LogP contribution in [0.15, 0.2) is 12.1 Å². The molecule has 1 N–H and O–H groups in total. The molecule has 0 saturated carbocycles. The van der Waals surface area contributed by atoms with Gasteiger partial charge in [0.1, 0.15) is 24.7 Å². The van der Waals surface area contributed by atoms with E-state index in [-0.39, 0.29) is 24.8 Å². The first-order valence-electron chi connectivity index (χ1n) is 10.1. The lowest BCUT2D eigenvalue weighted by atomic mass is 9.84. The minimum Gasteiger partial charge on any atom is -0.493 e. The van der Waals surface area contributed by atoms with Gasteiger partial charge in [0.25, 0.3) is 5.91 Å². The zero-order chi connectivity index (χ0) is 22.3. The van der Waals surface area contributed by atoms with Crippen LogP contribution in [0.4, 0.5) is 0 Å². The van der Waals surface area contributed by atoms with E-state index in [1.165, 1.54) is 26.2 Å². The molecule has 10 heteroatoms. The topological polar surface area (TPSA) is 114 Å². The lowest BCUT2D eigenvalue weighted by molar-refractivity contribution is -0.165. The van der Waals surface area contributed by atoms with Crippen LogP contribution in [0.5, 0.6) is 11.5 Å². The van der Waals surface area contributed by atoms with Crippen LogP contribution in [0.1, 0.15) is 30.0 Å².